The fourth-order valence-corrected chi connectivity index (χ4v) is 3.73. The highest BCUT2D eigenvalue weighted by Crippen LogP contribution is 2.33. The van der Waals surface area contributed by atoms with Crippen LogP contribution in [-0.4, -0.2) is 48.0 Å². The highest BCUT2D eigenvalue weighted by Gasteiger charge is 2.21. The van der Waals surface area contributed by atoms with E-state index in [4.69, 9.17) is 0 Å². The molecule has 0 atom stereocenters. The van der Waals surface area contributed by atoms with E-state index in [1.165, 1.54) is 35.5 Å². The van der Waals surface area contributed by atoms with Crippen molar-refractivity contribution in [3.05, 3.63) is 59.3 Å². The van der Waals surface area contributed by atoms with E-state index in [9.17, 15) is 19.6 Å². The number of carbonyl (C=O) groups is 1. The summed E-state index contributed by atoms with van der Waals surface area (Å²) in [5, 5.41) is 23.8. The van der Waals surface area contributed by atoms with Crippen molar-refractivity contribution in [2.24, 2.45) is 4.99 Å². The summed E-state index contributed by atoms with van der Waals surface area (Å²) >= 11 is 1.19. The Morgan fingerprint density at radius 3 is 2.56 bits per heavy atom. The highest BCUT2D eigenvalue weighted by molar-refractivity contribution is 7.16. The van der Waals surface area contributed by atoms with Crippen LogP contribution in [0.1, 0.15) is 18.2 Å². The number of hydrogen-bond donors (Lipinski definition) is 3. The van der Waals surface area contributed by atoms with Crippen LogP contribution >= 0.6 is 11.3 Å². The molecule has 11 heteroatoms. The number of nitrogens with one attached hydrogen (secondary N) is 2. The number of allylic oxidation sites excluding steroid dienone is 1. The number of thiazole rings is 1. The van der Waals surface area contributed by atoms with Crippen LogP contribution in [0.2, 0.25) is 0 Å². The Balaban J connectivity index is 2.44. The van der Waals surface area contributed by atoms with Crippen LogP contribution in [0, 0.1) is 17.1 Å². The van der Waals surface area contributed by atoms with Gasteiger partial charge in [-0.1, -0.05) is 24.8 Å². The van der Waals surface area contributed by atoms with Crippen LogP contribution in [0.15, 0.2) is 53.6 Å². The maximum atomic E-state index is 13.3. The normalized spacial score (nSPS) is 11.8. The molecule has 1 heterocycles. The van der Waals surface area contributed by atoms with Crippen LogP contribution in [-0.2, 0) is 4.79 Å². The van der Waals surface area contributed by atoms with E-state index in [1.54, 1.807) is 31.1 Å². The lowest BCUT2D eigenvalue weighted by atomic mass is 10.1. The number of anilines is 1. The van der Waals surface area contributed by atoms with Crippen molar-refractivity contribution in [3.8, 4) is 17.3 Å². The lowest BCUT2D eigenvalue weighted by Crippen LogP contribution is -2.45. The minimum Gasteiger partial charge on any atom is -0.475 e. The van der Waals surface area contributed by atoms with Crippen LogP contribution in [0.5, 0.6) is 0 Å². The molecule has 0 saturated carbocycles. The van der Waals surface area contributed by atoms with E-state index >= 15 is 0 Å². The first-order valence-corrected chi connectivity index (χ1v) is 10.3. The lowest BCUT2D eigenvalue weighted by molar-refractivity contribution is -0.130. The van der Waals surface area contributed by atoms with E-state index < -0.39 is 5.97 Å². The Kier molecular flexibility index (Phi) is 8.31. The van der Waals surface area contributed by atoms with E-state index in [0.717, 1.165) is 6.20 Å². The number of amidine groups is 1. The molecule has 0 aliphatic rings. The van der Waals surface area contributed by atoms with Crippen molar-refractivity contribution in [2.45, 2.75) is 13.3 Å². The number of likely N-dealkylation sites (N-methyl/N-ethyl adjacent to an activating group) is 1. The Hall–Kier alpha value is -3.91. The van der Waals surface area contributed by atoms with Crippen molar-refractivity contribution in [2.75, 3.05) is 26.0 Å². The zero-order valence-electron chi connectivity index (χ0n) is 18.2. The van der Waals surface area contributed by atoms with Crippen LogP contribution < -0.4 is 15.6 Å². The van der Waals surface area contributed by atoms with Crippen LogP contribution in [0.4, 0.5) is 9.52 Å². The third kappa shape index (κ3) is 5.41. The first kappa shape index (κ1) is 24.4. The van der Waals surface area contributed by atoms with Gasteiger partial charge in [-0.2, -0.15) is 5.26 Å². The first-order chi connectivity index (χ1) is 15.3. The molecule has 2 aromatic rings. The molecular weight excluding hydrogens is 433 g/mol. The molecule has 2 rings (SSSR count). The molecule has 32 heavy (non-hydrogen) atoms. The van der Waals surface area contributed by atoms with Gasteiger partial charge in [0.25, 0.3) is 0 Å². The van der Waals surface area contributed by atoms with E-state index in [2.05, 4.69) is 33.4 Å². The predicted molar refractivity (Wildman–Crippen MR) is 123 cm³/mol. The number of aliphatic carboxylic acids is 1. The van der Waals surface area contributed by atoms with Gasteiger partial charge in [0.05, 0.1) is 5.70 Å². The Bertz CT molecular complexity index is 1090. The summed E-state index contributed by atoms with van der Waals surface area (Å²) in [6, 6.07) is 7.92. The molecule has 0 spiro atoms. The molecule has 0 radical (unpaired) electrons. The predicted octanol–water partition coefficient (Wildman–Crippen LogP) is 3.12. The van der Waals surface area contributed by atoms with Crippen molar-refractivity contribution in [1.29, 1.82) is 5.26 Å². The maximum absolute atomic E-state index is 13.3. The Labute approximate surface area is 189 Å². The average Bonchev–Trinajstić information content (AvgIpc) is 3.21. The number of carboxylic acids is 1. The molecule has 0 bridgehead atoms. The number of aliphatic imine (C=N–C) groups is 1. The molecular formula is C21H24FN7O2S. The number of carboxylic acid groups (broad SMARTS) is 1. The topological polar surface area (TPSA) is 117 Å². The van der Waals surface area contributed by atoms with Gasteiger partial charge in [0, 0.05) is 32.9 Å². The van der Waals surface area contributed by atoms with E-state index in [0.29, 0.717) is 39.2 Å². The summed E-state index contributed by atoms with van der Waals surface area (Å²) < 4.78 is 13.3. The SMILES string of the molecule is C=C/N=C(/C(=O)O)N(C)N/C(CC)=C(\NC)N(C)c1nc(-c2ccc(F)cc2)c(C#N)s1. The monoisotopic (exact) mass is 457 g/mol. The third-order valence-electron chi connectivity index (χ3n) is 4.36. The second kappa shape index (κ2) is 10.9. The fraction of sp³-hybridized carbons (Fsp3) is 0.238. The maximum Gasteiger partial charge on any atom is 0.373 e. The van der Waals surface area contributed by atoms with Crippen molar-refractivity contribution in [1.82, 2.24) is 20.7 Å². The fourth-order valence-electron chi connectivity index (χ4n) is 2.87. The van der Waals surface area contributed by atoms with Crippen molar-refractivity contribution < 1.29 is 14.3 Å². The molecule has 0 unspecified atom stereocenters. The van der Waals surface area contributed by atoms with Gasteiger partial charge in [-0.15, -0.1) is 0 Å². The molecule has 0 amide bonds. The quantitative estimate of drug-likeness (QED) is 0.315. The lowest BCUT2D eigenvalue weighted by Gasteiger charge is -2.27. The van der Waals surface area contributed by atoms with Gasteiger partial charge >= 0.3 is 5.97 Å². The number of aromatic nitrogens is 1. The second-order valence-electron chi connectivity index (χ2n) is 6.39. The minimum absolute atomic E-state index is 0.233. The van der Waals surface area contributed by atoms with Gasteiger partial charge in [0.15, 0.2) is 5.13 Å². The molecule has 0 fully saturated rings. The van der Waals surface area contributed by atoms with Gasteiger partial charge < -0.3 is 15.3 Å². The van der Waals surface area contributed by atoms with Gasteiger partial charge in [-0.05, 0) is 30.7 Å². The molecule has 1 aromatic heterocycles. The zero-order valence-corrected chi connectivity index (χ0v) is 19.0. The molecule has 0 aliphatic heterocycles. The second-order valence-corrected chi connectivity index (χ2v) is 7.37. The van der Waals surface area contributed by atoms with Crippen LogP contribution in [0.3, 0.4) is 0 Å². The molecule has 0 saturated heterocycles. The highest BCUT2D eigenvalue weighted by atomic mass is 32.1. The zero-order chi connectivity index (χ0) is 23.8. The number of nitrogens with zero attached hydrogens (tertiary/aromatic N) is 5. The molecule has 3 N–H and O–H groups in total. The largest absolute Gasteiger partial charge is 0.475 e. The molecule has 168 valence electrons. The van der Waals surface area contributed by atoms with E-state index in [-0.39, 0.29) is 11.7 Å². The average molecular weight is 458 g/mol. The Morgan fingerprint density at radius 2 is 2.06 bits per heavy atom. The number of benzene rings is 1. The number of nitriles is 1. The molecule has 9 nitrogen and oxygen atoms in total. The molecule has 1 aromatic carbocycles. The summed E-state index contributed by atoms with van der Waals surface area (Å²) in [6.45, 7) is 5.34. The van der Waals surface area contributed by atoms with Crippen molar-refractivity contribution in [3.63, 3.8) is 0 Å². The third-order valence-corrected chi connectivity index (χ3v) is 5.40. The summed E-state index contributed by atoms with van der Waals surface area (Å²) in [5.41, 5.74) is 4.78. The first-order valence-electron chi connectivity index (χ1n) is 9.51. The minimum atomic E-state index is -1.21. The molecule has 0 aliphatic carbocycles. The summed E-state index contributed by atoms with van der Waals surface area (Å²) in [7, 11) is 5.02. The van der Waals surface area contributed by atoms with E-state index in [1.807, 2.05) is 6.92 Å². The summed E-state index contributed by atoms with van der Waals surface area (Å²) in [5.74, 6) is -1.20. The smallest absolute Gasteiger partial charge is 0.373 e. The van der Waals surface area contributed by atoms with Gasteiger partial charge in [0.1, 0.15) is 28.3 Å². The number of rotatable bonds is 8. The van der Waals surface area contributed by atoms with Crippen molar-refractivity contribution >= 4 is 28.3 Å². The van der Waals surface area contributed by atoms with Crippen LogP contribution in [0.25, 0.3) is 11.3 Å². The van der Waals surface area contributed by atoms with Gasteiger partial charge in [0.2, 0.25) is 5.84 Å². The Morgan fingerprint density at radius 1 is 1.41 bits per heavy atom. The standard InChI is InChI=1S/C21H24FN7O2S/c1-6-15(27-29(5)19(20(30)31)25-7-2)18(24-3)28(4)21-26-17(16(12-23)32-21)13-8-10-14(22)11-9-13/h7-11,24,27H,2,6H2,1,3-5H3,(H,30,31)/b18-15+,25-19-. The summed E-state index contributed by atoms with van der Waals surface area (Å²) in [6.07, 6.45) is 1.67. The summed E-state index contributed by atoms with van der Waals surface area (Å²) in [4.78, 5) is 22.0. The number of hydrogen-bond acceptors (Lipinski definition) is 8. The van der Waals surface area contributed by atoms with Gasteiger partial charge in [-0.25, -0.2) is 19.2 Å². The number of hydrazine groups is 1. The van der Waals surface area contributed by atoms with Gasteiger partial charge in [-0.3, -0.25) is 10.4 Å². The number of halogens is 1.